The summed E-state index contributed by atoms with van der Waals surface area (Å²) >= 11 is 0. The molecule has 0 amide bonds. The highest BCUT2D eigenvalue weighted by Crippen LogP contribution is 2.35. The molecule has 4 rings (SSSR count). The fraction of sp³-hybridized carbons (Fsp3) is 0.400. The minimum atomic E-state index is 0.282. The zero-order valence-corrected chi connectivity index (χ0v) is 14.5. The van der Waals surface area contributed by atoms with E-state index in [1.54, 1.807) is 14.2 Å². The molecule has 5 heteroatoms. The number of rotatable bonds is 8. The quantitative estimate of drug-likeness (QED) is 0.689. The Morgan fingerprint density at radius 1 is 0.800 bits per heavy atom. The molecule has 0 N–H and O–H groups in total. The Kier molecular flexibility index (Phi) is 4.51. The first-order chi connectivity index (χ1) is 12.2. The number of epoxide rings is 2. The summed E-state index contributed by atoms with van der Waals surface area (Å²) in [7, 11) is 3.34. The van der Waals surface area contributed by atoms with Crippen LogP contribution < -0.4 is 14.2 Å². The smallest absolute Gasteiger partial charge is 0.131 e. The lowest BCUT2D eigenvalue weighted by Gasteiger charge is -2.15. The van der Waals surface area contributed by atoms with Gasteiger partial charge in [-0.1, -0.05) is 0 Å². The Morgan fingerprint density at radius 3 is 1.60 bits per heavy atom. The van der Waals surface area contributed by atoms with Crippen LogP contribution in [0.5, 0.6) is 23.0 Å². The van der Waals surface area contributed by atoms with Crippen molar-refractivity contribution in [1.29, 1.82) is 0 Å². The van der Waals surface area contributed by atoms with Gasteiger partial charge >= 0.3 is 0 Å². The van der Waals surface area contributed by atoms with E-state index < -0.39 is 0 Å². The van der Waals surface area contributed by atoms with Gasteiger partial charge in [-0.05, 0) is 36.4 Å². The van der Waals surface area contributed by atoms with E-state index in [-0.39, 0.29) is 12.2 Å². The van der Waals surface area contributed by atoms with Crippen LogP contribution in [0.25, 0.3) is 0 Å². The second-order valence-electron chi connectivity index (χ2n) is 6.37. The van der Waals surface area contributed by atoms with Gasteiger partial charge in [0.1, 0.15) is 23.0 Å². The fourth-order valence-corrected chi connectivity index (χ4v) is 2.86. The van der Waals surface area contributed by atoms with E-state index in [0.717, 1.165) is 60.2 Å². The van der Waals surface area contributed by atoms with Crippen molar-refractivity contribution in [2.24, 2.45) is 0 Å². The predicted octanol–water partition coefficient (Wildman–Crippen LogP) is 3.38. The minimum Gasteiger partial charge on any atom is -0.497 e. The van der Waals surface area contributed by atoms with Crippen molar-refractivity contribution >= 4 is 0 Å². The second-order valence-corrected chi connectivity index (χ2v) is 6.37. The molecule has 0 spiro atoms. The summed E-state index contributed by atoms with van der Waals surface area (Å²) in [5.41, 5.74) is 2.18. The van der Waals surface area contributed by atoms with Crippen molar-refractivity contribution in [3.05, 3.63) is 47.5 Å². The van der Waals surface area contributed by atoms with Crippen LogP contribution in [0.2, 0.25) is 0 Å². The third-order valence-electron chi connectivity index (χ3n) is 4.46. The Hall–Kier alpha value is -2.24. The molecule has 2 aromatic carbocycles. The van der Waals surface area contributed by atoms with E-state index in [0.29, 0.717) is 0 Å². The Labute approximate surface area is 147 Å². The summed E-state index contributed by atoms with van der Waals surface area (Å²) in [5, 5.41) is 0. The molecule has 2 atom stereocenters. The Balaban J connectivity index is 1.62. The third kappa shape index (κ3) is 4.06. The van der Waals surface area contributed by atoms with Gasteiger partial charge in [-0.3, -0.25) is 0 Å². The maximum Gasteiger partial charge on any atom is 0.131 e. The molecule has 0 aromatic heterocycles. The van der Waals surface area contributed by atoms with Crippen LogP contribution in [-0.2, 0) is 22.3 Å². The first-order valence-electron chi connectivity index (χ1n) is 8.50. The summed E-state index contributed by atoms with van der Waals surface area (Å²) in [5.74, 6) is 3.31. The number of methoxy groups -OCH3 is 2. The highest BCUT2D eigenvalue weighted by Gasteiger charge is 2.26. The number of ether oxygens (including phenoxy) is 5. The van der Waals surface area contributed by atoms with E-state index in [4.69, 9.17) is 23.7 Å². The van der Waals surface area contributed by atoms with Crippen LogP contribution in [0.4, 0.5) is 0 Å². The monoisotopic (exact) mass is 342 g/mol. The lowest BCUT2D eigenvalue weighted by molar-refractivity contribution is 0.392. The SMILES string of the molecule is COc1ccc(Oc2ccc(OC)cc2C[C@@H]2CO2)c(C[C@H]2CO2)c1. The fourth-order valence-electron chi connectivity index (χ4n) is 2.86. The maximum atomic E-state index is 6.27. The Morgan fingerprint density at radius 2 is 1.24 bits per heavy atom. The standard InChI is InChI=1S/C20H22O5/c1-21-15-3-5-19(13(7-15)9-17-11-23-17)25-20-6-4-16(22-2)8-14(20)10-18-12-24-18/h3-8,17-18H,9-12H2,1-2H3/t17-,18+. The van der Waals surface area contributed by atoms with Gasteiger partial charge < -0.3 is 23.7 Å². The summed E-state index contributed by atoms with van der Waals surface area (Å²) in [6.45, 7) is 1.62. The van der Waals surface area contributed by atoms with E-state index in [9.17, 15) is 0 Å². The maximum absolute atomic E-state index is 6.27. The van der Waals surface area contributed by atoms with Crippen molar-refractivity contribution in [3.8, 4) is 23.0 Å². The van der Waals surface area contributed by atoms with Crippen LogP contribution in [0, 0.1) is 0 Å². The zero-order chi connectivity index (χ0) is 17.2. The van der Waals surface area contributed by atoms with Gasteiger partial charge in [0, 0.05) is 24.0 Å². The van der Waals surface area contributed by atoms with Crippen LogP contribution in [-0.4, -0.2) is 39.6 Å². The lowest BCUT2D eigenvalue weighted by Crippen LogP contribution is -2.01. The largest absolute Gasteiger partial charge is 0.497 e. The highest BCUT2D eigenvalue weighted by atomic mass is 16.6. The average molecular weight is 342 g/mol. The molecule has 5 nitrogen and oxygen atoms in total. The van der Waals surface area contributed by atoms with Gasteiger partial charge in [-0.25, -0.2) is 0 Å². The van der Waals surface area contributed by atoms with E-state index >= 15 is 0 Å². The van der Waals surface area contributed by atoms with Crippen molar-refractivity contribution in [1.82, 2.24) is 0 Å². The molecule has 2 aliphatic heterocycles. The van der Waals surface area contributed by atoms with Gasteiger partial charge in [0.05, 0.1) is 39.6 Å². The summed E-state index contributed by atoms with van der Waals surface area (Å²) in [6.07, 6.45) is 2.21. The molecular weight excluding hydrogens is 320 g/mol. The summed E-state index contributed by atoms with van der Waals surface area (Å²) < 4.78 is 27.7. The second kappa shape index (κ2) is 6.94. The molecule has 2 fully saturated rings. The van der Waals surface area contributed by atoms with Gasteiger partial charge in [-0.2, -0.15) is 0 Å². The molecular formula is C20H22O5. The van der Waals surface area contributed by atoms with Crippen molar-refractivity contribution in [2.75, 3.05) is 27.4 Å². The topological polar surface area (TPSA) is 52.8 Å². The number of hydrogen-bond acceptors (Lipinski definition) is 5. The Bertz CT molecular complexity index is 686. The average Bonchev–Trinajstić information content (AvgIpc) is 3.54. The molecule has 25 heavy (non-hydrogen) atoms. The normalized spacial score (nSPS) is 20.9. The molecule has 2 aliphatic rings. The van der Waals surface area contributed by atoms with Crippen molar-refractivity contribution in [2.45, 2.75) is 25.0 Å². The molecule has 0 saturated carbocycles. The van der Waals surface area contributed by atoms with Crippen LogP contribution in [0.1, 0.15) is 11.1 Å². The van der Waals surface area contributed by atoms with Crippen molar-refractivity contribution < 1.29 is 23.7 Å². The lowest BCUT2D eigenvalue weighted by atomic mass is 10.1. The molecule has 0 unspecified atom stereocenters. The van der Waals surface area contributed by atoms with E-state index in [2.05, 4.69) is 0 Å². The molecule has 0 bridgehead atoms. The molecule has 132 valence electrons. The van der Waals surface area contributed by atoms with Gasteiger partial charge in [-0.15, -0.1) is 0 Å². The molecule has 2 aromatic rings. The van der Waals surface area contributed by atoms with Crippen LogP contribution in [0.15, 0.2) is 36.4 Å². The molecule has 0 radical (unpaired) electrons. The number of benzene rings is 2. The van der Waals surface area contributed by atoms with E-state index in [1.165, 1.54) is 0 Å². The van der Waals surface area contributed by atoms with Crippen LogP contribution >= 0.6 is 0 Å². The van der Waals surface area contributed by atoms with Gasteiger partial charge in [0.25, 0.3) is 0 Å². The zero-order valence-electron chi connectivity index (χ0n) is 14.5. The van der Waals surface area contributed by atoms with E-state index in [1.807, 2.05) is 36.4 Å². The van der Waals surface area contributed by atoms with Crippen LogP contribution in [0.3, 0.4) is 0 Å². The third-order valence-corrected chi connectivity index (χ3v) is 4.46. The minimum absolute atomic E-state index is 0.282. The summed E-state index contributed by atoms with van der Waals surface area (Å²) in [6, 6.07) is 11.8. The predicted molar refractivity (Wildman–Crippen MR) is 93.0 cm³/mol. The summed E-state index contributed by atoms with van der Waals surface area (Å²) in [4.78, 5) is 0. The van der Waals surface area contributed by atoms with Gasteiger partial charge in [0.15, 0.2) is 0 Å². The van der Waals surface area contributed by atoms with Crippen molar-refractivity contribution in [3.63, 3.8) is 0 Å². The first kappa shape index (κ1) is 16.2. The number of hydrogen-bond donors (Lipinski definition) is 0. The molecule has 2 heterocycles. The molecule has 0 aliphatic carbocycles. The molecule has 2 saturated heterocycles. The van der Waals surface area contributed by atoms with Gasteiger partial charge in [0.2, 0.25) is 0 Å². The first-order valence-corrected chi connectivity index (χ1v) is 8.50. The highest BCUT2D eigenvalue weighted by molar-refractivity contribution is 5.47.